The first-order valence-electron chi connectivity index (χ1n) is 9.18. The molecule has 2 saturated carbocycles. The fourth-order valence-electron chi connectivity index (χ4n) is 5.24. The van der Waals surface area contributed by atoms with E-state index in [2.05, 4.69) is 17.4 Å². The summed E-state index contributed by atoms with van der Waals surface area (Å²) >= 11 is 0. The number of nitrogens with zero attached hydrogens (tertiary/aromatic N) is 1. The molecule has 2 aliphatic carbocycles. The van der Waals surface area contributed by atoms with Crippen LogP contribution in [0.2, 0.25) is 0 Å². The third kappa shape index (κ3) is 2.52. The zero-order valence-corrected chi connectivity index (χ0v) is 14.3. The first-order chi connectivity index (χ1) is 11.6. The summed E-state index contributed by atoms with van der Waals surface area (Å²) in [5.74, 6) is 1.33. The van der Waals surface area contributed by atoms with E-state index in [1.807, 2.05) is 25.2 Å². The van der Waals surface area contributed by atoms with Gasteiger partial charge < -0.3 is 10.2 Å². The summed E-state index contributed by atoms with van der Waals surface area (Å²) in [6, 6.07) is 10.0. The van der Waals surface area contributed by atoms with E-state index in [0.29, 0.717) is 11.8 Å². The highest BCUT2D eigenvalue weighted by Crippen LogP contribution is 2.57. The molecule has 128 valence electrons. The van der Waals surface area contributed by atoms with Gasteiger partial charge in [-0.25, -0.2) is 0 Å². The van der Waals surface area contributed by atoms with Gasteiger partial charge in [0, 0.05) is 13.6 Å². The lowest BCUT2D eigenvalue weighted by Gasteiger charge is -2.37. The van der Waals surface area contributed by atoms with Gasteiger partial charge in [0.05, 0.1) is 5.41 Å². The molecule has 3 aliphatic rings. The third-order valence-electron chi connectivity index (χ3n) is 6.52. The largest absolute Gasteiger partial charge is 0.344 e. The topological polar surface area (TPSA) is 49.4 Å². The number of nitrogens with one attached hydrogen (secondary N) is 1. The Morgan fingerprint density at radius 2 is 2.04 bits per heavy atom. The van der Waals surface area contributed by atoms with Crippen LogP contribution in [0.5, 0.6) is 0 Å². The Balaban J connectivity index is 1.57. The van der Waals surface area contributed by atoms with Crippen molar-refractivity contribution in [2.75, 3.05) is 13.6 Å². The number of hydrogen-bond donors (Lipinski definition) is 1. The zero-order chi connectivity index (χ0) is 16.7. The number of likely N-dealkylation sites (N-methyl/N-ethyl adjacent to an activating group) is 1. The van der Waals surface area contributed by atoms with Crippen LogP contribution in [0, 0.1) is 17.3 Å². The lowest BCUT2D eigenvalue weighted by atomic mass is 9.68. The van der Waals surface area contributed by atoms with Crippen LogP contribution in [0.25, 0.3) is 0 Å². The second kappa shape index (κ2) is 5.91. The second-order valence-electron chi connectivity index (χ2n) is 7.97. The maximum atomic E-state index is 13.3. The van der Waals surface area contributed by atoms with Gasteiger partial charge in [-0.1, -0.05) is 36.8 Å². The van der Waals surface area contributed by atoms with Crippen LogP contribution in [-0.4, -0.2) is 36.3 Å². The summed E-state index contributed by atoms with van der Waals surface area (Å²) in [7, 11) is 1.81. The van der Waals surface area contributed by atoms with Crippen molar-refractivity contribution in [3.05, 3.63) is 35.9 Å². The minimum atomic E-state index is -0.325. The molecule has 4 rings (SSSR count). The molecule has 3 fully saturated rings. The van der Waals surface area contributed by atoms with Crippen molar-refractivity contribution in [2.24, 2.45) is 17.3 Å². The number of carbonyl (C=O) groups excluding carboxylic acids is 2. The predicted octanol–water partition coefficient (Wildman–Crippen LogP) is 2.38. The first kappa shape index (κ1) is 15.7. The standard InChI is InChI=1S/C20H26N2O2/c1-22-10-9-17(18(22)23)21-19(24)20(12-14-5-3-2-4-6-14)13-15-7-8-16(20)11-15/h2-6,15-17H,7-13H2,1H3,(H,21,24). The molecule has 4 atom stereocenters. The van der Waals surface area contributed by atoms with Crippen LogP contribution in [-0.2, 0) is 16.0 Å². The van der Waals surface area contributed by atoms with Crippen LogP contribution in [0.15, 0.2) is 30.3 Å². The average Bonchev–Trinajstić information content (AvgIpc) is 3.27. The van der Waals surface area contributed by atoms with Crippen molar-refractivity contribution in [2.45, 2.75) is 44.6 Å². The summed E-state index contributed by atoms with van der Waals surface area (Å²) in [6.07, 6.45) is 6.12. The molecule has 4 unspecified atom stereocenters. The third-order valence-corrected chi connectivity index (χ3v) is 6.52. The second-order valence-corrected chi connectivity index (χ2v) is 7.97. The Morgan fingerprint density at radius 3 is 2.62 bits per heavy atom. The number of amides is 2. The quantitative estimate of drug-likeness (QED) is 0.923. The minimum Gasteiger partial charge on any atom is -0.344 e. The van der Waals surface area contributed by atoms with Crippen molar-refractivity contribution >= 4 is 11.8 Å². The number of likely N-dealkylation sites (tertiary alicyclic amines) is 1. The number of hydrogen-bond acceptors (Lipinski definition) is 2. The number of carbonyl (C=O) groups is 2. The Morgan fingerprint density at radius 1 is 1.25 bits per heavy atom. The molecule has 2 amide bonds. The zero-order valence-electron chi connectivity index (χ0n) is 14.3. The highest BCUT2D eigenvalue weighted by atomic mass is 16.2. The summed E-state index contributed by atoms with van der Waals surface area (Å²) in [6.45, 7) is 0.738. The summed E-state index contributed by atoms with van der Waals surface area (Å²) < 4.78 is 0. The molecule has 1 aliphatic heterocycles. The van der Waals surface area contributed by atoms with Crippen molar-refractivity contribution < 1.29 is 9.59 Å². The lowest BCUT2D eigenvalue weighted by Crippen LogP contribution is -2.51. The molecule has 24 heavy (non-hydrogen) atoms. The van der Waals surface area contributed by atoms with E-state index in [4.69, 9.17) is 0 Å². The molecule has 1 saturated heterocycles. The van der Waals surface area contributed by atoms with Crippen LogP contribution >= 0.6 is 0 Å². The van der Waals surface area contributed by atoms with Gasteiger partial charge in [0.25, 0.3) is 0 Å². The van der Waals surface area contributed by atoms with Gasteiger partial charge in [0.1, 0.15) is 6.04 Å². The molecule has 0 radical (unpaired) electrons. The number of benzene rings is 1. The summed E-state index contributed by atoms with van der Waals surface area (Å²) in [4.78, 5) is 27.2. The molecule has 1 aromatic rings. The van der Waals surface area contributed by atoms with E-state index in [-0.39, 0.29) is 23.3 Å². The molecular formula is C20H26N2O2. The van der Waals surface area contributed by atoms with E-state index in [1.54, 1.807) is 4.90 Å². The Hall–Kier alpha value is -1.84. The van der Waals surface area contributed by atoms with Crippen LogP contribution in [0.4, 0.5) is 0 Å². The fourth-order valence-corrected chi connectivity index (χ4v) is 5.24. The van der Waals surface area contributed by atoms with E-state index < -0.39 is 0 Å². The van der Waals surface area contributed by atoms with Crippen LogP contribution in [0.3, 0.4) is 0 Å². The molecule has 1 N–H and O–H groups in total. The molecule has 1 aromatic carbocycles. The van der Waals surface area contributed by atoms with Crippen molar-refractivity contribution in [3.63, 3.8) is 0 Å². The normalized spacial score (nSPS) is 34.8. The maximum absolute atomic E-state index is 13.3. The van der Waals surface area contributed by atoms with Gasteiger partial charge in [0.2, 0.25) is 11.8 Å². The monoisotopic (exact) mass is 326 g/mol. The maximum Gasteiger partial charge on any atom is 0.244 e. The van der Waals surface area contributed by atoms with Crippen molar-refractivity contribution in [1.82, 2.24) is 10.2 Å². The molecule has 4 nitrogen and oxygen atoms in total. The highest BCUT2D eigenvalue weighted by molar-refractivity contribution is 5.91. The van der Waals surface area contributed by atoms with E-state index in [0.717, 1.165) is 32.2 Å². The lowest BCUT2D eigenvalue weighted by molar-refractivity contribution is -0.138. The van der Waals surface area contributed by atoms with Crippen molar-refractivity contribution in [1.29, 1.82) is 0 Å². The van der Waals surface area contributed by atoms with Gasteiger partial charge in [-0.2, -0.15) is 0 Å². The molecule has 4 heteroatoms. The predicted molar refractivity (Wildman–Crippen MR) is 92.2 cm³/mol. The van der Waals surface area contributed by atoms with Gasteiger partial charge in [-0.05, 0) is 49.5 Å². The summed E-state index contributed by atoms with van der Waals surface area (Å²) in [5.41, 5.74) is 0.918. The molecular weight excluding hydrogens is 300 g/mol. The summed E-state index contributed by atoms with van der Waals surface area (Å²) in [5, 5.41) is 3.12. The number of rotatable bonds is 4. The first-order valence-corrected chi connectivity index (χ1v) is 9.18. The van der Waals surface area contributed by atoms with Gasteiger partial charge >= 0.3 is 0 Å². The molecule has 2 bridgehead atoms. The number of fused-ring (bicyclic) bond motifs is 2. The van der Waals surface area contributed by atoms with Crippen LogP contribution < -0.4 is 5.32 Å². The van der Waals surface area contributed by atoms with Gasteiger partial charge in [-0.15, -0.1) is 0 Å². The Bertz CT molecular complexity index is 644. The molecule has 0 aromatic heterocycles. The van der Waals surface area contributed by atoms with Gasteiger partial charge in [0.15, 0.2) is 0 Å². The van der Waals surface area contributed by atoms with E-state index >= 15 is 0 Å². The van der Waals surface area contributed by atoms with Gasteiger partial charge in [-0.3, -0.25) is 9.59 Å². The Labute approximate surface area is 143 Å². The molecule has 0 spiro atoms. The SMILES string of the molecule is CN1CCC(NC(=O)C2(Cc3ccccc3)CC3CCC2C3)C1=O. The van der Waals surface area contributed by atoms with Crippen LogP contribution in [0.1, 0.15) is 37.7 Å². The Kier molecular flexibility index (Phi) is 3.86. The smallest absolute Gasteiger partial charge is 0.244 e. The fraction of sp³-hybridized carbons (Fsp3) is 0.600. The highest BCUT2D eigenvalue weighted by Gasteiger charge is 2.55. The van der Waals surface area contributed by atoms with E-state index in [1.165, 1.54) is 18.4 Å². The van der Waals surface area contributed by atoms with Crippen molar-refractivity contribution in [3.8, 4) is 0 Å². The average molecular weight is 326 g/mol. The minimum absolute atomic E-state index is 0.0568. The molecule has 1 heterocycles. The van der Waals surface area contributed by atoms with E-state index in [9.17, 15) is 9.59 Å².